The summed E-state index contributed by atoms with van der Waals surface area (Å²) >= 11 is 7.47. The highest BCUT2D eigenvalue weighted by Crippen LogP contribution is 2.28. The Bertz CT molecular complexity index is 556. The van der Waals surface area contributed by atoms with E-state index in [0.29, 0.717) is 0 Å². The zero-order valence-electron chi connectivity index (χ0n) is 10.9. The molecule has 5 heteroatoms. The van der Waals surface area contributed by atoms with Crippen molar-refractivity contribution in [2.24, 2.45) is 0 Å². The van der Waals surface area contributed by atoms with Crippen LogP contribution in [0.4, 0.5) is 4.39 Å². The molecule has 102 valence electrons. The van der Waals surface area contributed by atoms with Crippen LogP contribution < -0.4 is 5.32 Å². The Kier molecular flexibility index (Phi) is 4.91. The van der Waals surface area contributed by atoms with Crippen LogP contribution in [0, 0.1) is 12.7 Å². The van der Waals surface area contributed by atoms with Crippen LogP contribution >= 0.6 is 22.9 Å². The lowest BCUT2D eigenvalue weighted by atomic mass is 10.1. The van der Waals surface area contributed by atoms with Gasteiger partial charge in [-0.1, -0.05) is 24.6 Å². The van der Waals surface area contributed by atoms with Gasteiger partial charge < -0.3 is 5.32 Å². The minimum atomic E-state index is -0.394. The van der Waals surface area contributed by atoms with Crippen LogP contribution in [-0.4, -0.2) is 11.5 Å². The van der Waals surface area contributed by atoms with Gasteiger partial charge >= 0.3 is 0 Å². The Morgan fingerprint density at radius 1 is 1.47 bits per heavy atom. The number of hydrogen-bond donors (Lipinski definition) is 1. The standard InChI is InChI=1S/C14H16ClFN2S/c1-3-6-17-13(14-18-9(2)8-19-14)10-4-5-12(16)11(15)7-10/h4-5,7-8,13,17H,3,6H2,1-2H3. The van der Waals surface area contributed by atoms with Crippen molar-refractivity contribution in [3.63, 3.8) is 0 Å². The molecule has 2 rings (SSSR count). The van der Waals surface area contributed by atoms with Crippen molar-refractivity contribution in [1.29, 1.82) is 0 Å². The molecular weight excluding hydrogens is 283 g/mol. The zero-order chi connectivity index (χ0) is 13.8. The van der Waals surface area contributed by atoms with Gasteiger partial charge in [0.15, 0.2) is 0 Å². The molecule has 1 aromatic heterocycles. The molecule has 2 nitrogen and oxygen atoms in total. The third-order valence-corrected chi connectivity index (χ3v) is 4.08. The SMILES string of the molecule is CCCNC(c1ccc(F)c(Cl)c1)c1nc(C)cs1. The van der Waals surface area contributed by atoms with E-state index in [-0.39, 0.29) is 11.1 Å². The molecular formula is C14H16ClFN2S. The summed E-state index contributed by atoms with van der Waals surface area (Å²) in [6.07, 6.45) is 1.02. The van der Waals surface area contributed by atoms with Crippen molar-refractivity contribution in [1.82, 2.24) is 10.3 Å². The van der Waals surface area contributed by atoms with E-state index in [1.54, 1.807) is 23.5 Å². The predicted octanol–water partition coefficient (Wildman–Crippen LogP) is 4.33. The van der Waals surface area contributed by atoms with E-state index in [1.165, 1.54) is 6.07 Å². The third kappa shape index (κ3) is 3.53. The molecule has 0 radical (unpaired) electrons. The fourth-order valence-corrected chi connectivity index (χ4v) is 2.92. The number of aromatic nitrogens is 1. The van der Waals surface area contributed by atoms with E-state index in [0.717, 1.165) is 29.2 Å². The van der Waals surface area contributed by atoms with Gasteiger partial charge in [0.2, 0.25) is 0 Å². The molecule has 0 aliphatic carbocycles. The van der Waals surface area contributed by atoms with Gasteiger partial charge in [0.1, 0.15) is 10.8 Å². The molecule has 2 aromatic rings. The van der Waals surface area contributed by atoms with Crippen LogP contribution in [0.5, 0.6) is 0 Å². The second kappa shape index (κ2) is 6.46. The molecule has 0 fully saturated rings. The molecule has 0 amide bonds. The van der Waals surface area contributed by atoms with Crippen LogP contribution in [-0.2, 0) is 0 Å². The number of benzene rings is 1. The lowest BCUT2D eigenvalue weighted by Gasteiger charge is -2.17. The summed E-state index contributed by atoms with van der Waals surface area (Å²) in [5.74, 6) is -0.394. The summed E-state index contributed by atoms with van der Waals surface area (Å²) in [6.45, 7) is 4.95. The summed E-state index contributed by atoms with van der Waals surface area (Å²) in [4.78, 5) is 4.51. The maximum absolute atomic E-state index is 13.3. The maximum Gasteiger partial charge on any atom is 0.141 e. The summed E-state index contributed by atoms with van der Waals surface area (Å²) in [5.41, 5.74) is 1.94. The third-order valence-electron chi connectivity index (χ3n) is 2.76. The number of nitrogens with one attached hydrogen (secondary N) is 1. The highest BCUT2D eigenvalue weighted by Gasteiger charge is 2.17. The lowest BCUT2D eigenvalue weighted by Crippen LogP contribution is -2.23. The number of thiazole rings is 1. The van der Waals surface area contributed by atoms with Gasteiger partial charge in [0.25, 0.3) is 0 Å². The van der Waals surface area contributed by atoms with Gasteiger partial charge in [-0.05, 0) is 37.6 Å². The fraction of sp³-hybridized carbons (Fsp3) is 0.357. The van der Waals surface area contributed by atoms with Gasteiger partial charge in [0, 0.05) is 11.1 Å². The summed E-state index contributed by atoms with van der Waals surface area (Å²) in [5, 5.41) is 6.57. The molecule has 0 bridgehead atoms. The minimum Gasteiger partial charge on any atom is -0.304 e. The summed E-state index contributed by atoms with van der Waals surface area (Å²) in [6, 6.07) is 4.79. The Hall–Kier alpha value is -0.970. The second-order valence-corrected chi connectivity index (χ2v) is 5.68. The van der Waals surface area contributed by atoms with Gasteiger partial charge in [-0.2, -0.15) is 0 Å². The number of nitrogens with zero attached hydrogens (tertiary/aromatic N) is 1. The van der Waals surface area contributed by atoms with E-state index in [9.17, 15) is 4.39 Å². The van der Waals surface area contributed by atoms with E-state index in [2.05, 4.69) is 17.2 Å². The smallest absolute Gasteiger partial charge is 0.141 e. The molecule has 0 saturated carbocycles. The van der Waals surface area contributed by atoms with Crippen molar-refractivity contribution in [2.45, 2.75) is 26.3 Å². The molecule has 0 aliphatic rings. The quantitative estimate of drug-likeness (QED) is 0.888. The summed E-state index contributed by atoms with van der Waals surface area (Å²) in [7, 11) is 0. The largest absolute Gasteiger partial charge is 0.304 e. The Morgan fingerprint density at radius 3 is 2.84 bits per heavy atom. The van der Waals surface area contributed by atoms with Crippen LogP contribution in [0.1, 0.15) is 35.7 Å². The molecule has 1 atom stereocenters. The lowest BCUT2D eigenvalue weighted by molar-refractivity contribution is 0.590. The molecule has 1 aromatic carbocycles. The Balaban J connectivity index is 2.33. The predicted molar refractivity (Wildman–Crippen MR) is 78.4 cm³/mol. The van der Waals surface area contributed by atoms with Gasteiger partial charge in [-0.3, -0.25) is 0 Å². The first-order valence-electron chi connectivity index (χ1n) is 6.22. The average Bonchev–Trinajstić information content (AvgIpc) is 2.80. The van der Waals surface area contributed by atoms with Crippen molar-refractivity contribution < 1.29 is 4.39 Å². The van der Waals surface area contributed by atoms with E-state index in [4.69, 9.17) is 11.6 Å². The maximum atomic E-state index is 13.3. The van der Waals surface area contributed by atoms with Crippen LogP contribution in [0.3, 0.4) is 0 Å². The van der Waals surface area contributed by atoms with Gasteiger partial charge in [-0.15, -0.1) is 11.3 Å². The van der Waals surface area contributed by atoms with Crippen molar-refractivity contribution in [3.05, 3.63) is 50.7 Å². The molecule has 19 heavy (non-hydrogen) atoms. The normalized spacial score (nSPS) is 12.6. The average molecular weight is 299 g/mol. The number of halogens is 2. The first-order valence-corrected chi connectivity index (χ1v) is 7.48. The fourth-order valence-electron chi connectivity index (χ4n) is 1.83. The van der Waals surface area contributed by atoms with Gasteiger partial charge in [-0.25, -0.2) is 9.37 Å². The number of aryl methyl sites for hydroxylation is 1. The van der Waals surface area contributed by atoms with Crippen LogP contribution in [0.15, 0.2) is 23.6 Å². The van der Waals surface area contributed by atoms with E-state index < -0.39 is 5.82 Å². The minimum absolute atomic E-state index is 0.0308. The molecule has 0 spiro atoms. The molecule has 1 unspecified atom stereocenters. The Labute approximate surface area is 121 Å². The molecule has 1 N–H and O–H groups in total. The highest BCUT2D eigenvalue weighted by atomic mass is 35.5. The molecule has 0 aliphatic heterocycles. The highest BCUT2D eigenvalue weighted by molar-refractivity contribution is 7.09. The molecule has 0 saturated heterocycles. The molecule has 1 heterocycles. The monoisotopic (exact) mass is 298 g/mol. The second-order valence-electron chi connectivity index (χ2n) is 4.39. The first-order chi connectivity index (χ1) is 9.11. The van der Waals surface area contributed by atoms with Gasteiger partial charge in [0.05, 0.1) is 11.1 Å². The topological polar surface area (TPSA) is 24.9 Å². The van der Waals surface area contributed by atoms with Crippen molar-refractivity contribution in [3.8, 4) is 0 Å². The van der Waals surface area contributed by atoms with Crippen LogP contribution in [0.2, 0.25) is 5.02 Å². The van der Waals surface area contributed by atoms with E-state index in [1.807, 2.05) is 12.3 Å². The summed E-state index contributed by atoms with van der Waals surface area (Å²) < 4.78 is 13.3. The first kappa shape index (κ1) is 14.4. The number of hydrogen-bond acceptors (Lipinski definition) is 3. The van der Waals surface area contributed by atoms with Crippen molar-refractivity contribution >= 4 is 22.9 Å². The number of rotatable bonds is 5. The Morgan fingerprint density at radius 2 is 2.26 bits per heavy atom. The van der Waals surface area contributed by atoms with Crippen molar-refractivity contribution in [2.75, 3.05) is 6.54 Å². The van der Waals surface area contributed by atoms with Crippen LogP contribution in [0.25, 0.3) is 0 Å². The van der Waals surface area contributed by atoms with E-state index >= 15 is 0 Å². The zero-order valence-corrected chi connectivity index (χ0v) is 12.5.